The Labute approximate surface area is 113 Å². The molecule has 2 amide bonds. The van der Waals surface area contributed by atoms with Gasteiger partial charge in [0.25, 0.3) is 0 Å². The molecular formula is C14H20FN3O. The van der Waals surface area contributed by atoms with Gasteiger partial charge in [-0.05, 0) is 24.1 Å². The highest BCUT2D eigenvalue weighted by atomic mass is 19.1. The number of hydrogen-bond donors (Lipinski definition) is 2. The number of nitrogens with one attached hydrogen (secondary N) is 2. The molecule has 1 atom stereocenters. The maximum atomic E-state index is 13.1. The molecule has 1 aliphatic heterocycles. The average molecular weight is 265 g/mol. The van der Waals surface area contributed by atoms with Gasteiger partial charge < -0.3 is 15.5 Å². The van der Waals surface area contributed by atoms with E-state index < -0.39 is 0 Å². The van der Waals surface area contributed by atoms with Crippen molar-refractivity contribution in [3.63, 3.8) is 0 Å². The van der Waals surface area contributed by atoms with Gasteiger partial charge in [-0.1, -0.05) is 19.9 Å². The third kappa shape index (κ3) is 3.67. The van der Waals surface area contributed by atoms with Crippen LogP contribution in [0.5, 0.6) is 0 Å². The first-order chi connectivity index (χ1) is 9.06. The second kappa shape index (κ2) is 6.02. The van der Waals surface area contributed by atoms with Crippen LogP contribution in [0, 0.1) is 11.7 Å². The molecule has 0 radical (unpaired) electrons. The Morgan fingerprint density at radius 2 is 2.32 bits per heavy atom. The largest absolute Gasteiger partial charge is 0.322 e. The number of hydrogen-bond acceptors (Lipinski definition) is 2. The van der Waals surface area contributed by atoms with Crippen LogP contribution in [0.15, 0.2) is 24.3 Å². The Morgan fingerprint density at radius 3 is 3.00 bits per heavy atom. The van der Waals surface area contributed by atoms with Gasteiger partial charge >= 0.3 is 6.03 Å². The summed E-state index contributed by atoms with van der Waals surface area (Å²) >= 11 is 0. The topological polar surface area (TPSA) is 44.4 Å². The van der Waals surface area contributed by atoms with E-state index in [-0.39, 0.29) is 11.8 Å². The van der Waals surface area contributed by atoms with E-state index in [1.165, 1.54) is 12.1 Å². The Hall–Kier alpha value is -1.62. The lowest BCUT2D eigenvalue weighted by molar-refractivity contribution is 0.177. The smallest absolute Gasteiger partial charge is 0.321 e. The van der Waals surface area contributed by atoms with E-state index in [0.29, 0.717) is 30.7 Å². The van der Waals surface area contributed by atoms with Crippen molar-refractivity contribution in [1.29, 1.82) is 0 Å². The van der Waals surface area contributed by atoms with E-state index in [4.69, 9.17) is 0 Å². The van der Waals surface area contributed by atoms with E-state index in [1.54, 1.807) is 17.0 Å². The zero-order valence-corrected chi connectivity index (χ0v) is 11.3. The van der Waals surface area contributed by atoms with E-state index >= 15 is 0 Å². The third-order valence-electron chi connectivity index (χ3n) is 3.37. The molecule has 5 heteroatoms. The summed E-state index contributed by atoms with van der Waals surface area (Å²) in [6, 6.07) is 6.09. The molecule has 1 aromatic rings. The summed E-state index contributed by atoms with van der Waals surface area (Å²) in [4.78, 5) is 13.9. The zero-order valence-electron chi connectivity index (χ0n) is 11.3. The maximum absolute atomic E-state index is 13.1. The number of nitrogens with zero attached hydrogens (tertiary/aromatic N) is 1. The molecule has 0 saturated carbocycles. The van der Waals surface area contributed by atoms with Gasteiger partial charge in [-0.2, -0.15) is 0 Å². The number of halogens is 1. The van der Waals surface area contributed by atoms with Crippen LogP contribution in [0.25, 0.3) is 0 Å². The van der Waals surface area contributed by atoms with Crippen molar-refractivity contribution in [2.24, 2.45) is 5.92 Å². The molecule has 1 fully saturated rings. The fourth-order valence-corrected chi connectivity index (χ4v) is 2.18. The summed E-state index contributed by atoms with van der Waals surface area (Å²) in [5.74, 6) is 0.128. The minimum Gasteiger partial charge on any atom is -0.322 e. The number of amides is 2. The van der Waals surface area contributed by atoms with Gasteiger partial charge in [0, 0.05) is 31.4 Å². The first kappa shape index (κ1) is 13.8. The Balaban J connectivity index is 1.96. The number of rotatable bonds is 2. The van der Waals surface area contributed by atoms with Gasteiger partial charge in [0.1, 0.15) is 5.82 Å². The van der Waals surface area contributed by atoms with E-state index in [9.17, 15) is 9.18 Å². The number of benzene rings is 1. The van der Waals surface area contributed by atoms with Gasteiger partial charge in [-0.25, -0.2) is 9.18 Å². The molecule has 2 N–H and O–H groups in total. The molecule has 1 heterocycles. The standard InChI is InChI=1S/C14H20FN3O/c1-10(2)13-9-18(7-6-16-13)14(19)17-12-5-3-4-11(15)8-12/h3-5,8,10,13,16H,6-7,9H2,1-2H3,(H,17,19). The molecule has 1 aromatic carbocycles. The molecule has 1 saturated heterocycles. The number of piperazine rings is 1. The molecule has 0 bridgehead atoms. The SMILES string of the molecule is CC(C)C1CN(C(=O)Nc2cccc(F)c2)CCN1. The van der Waals surface area contributed by atoms with Crippen LogP contribution in [0.2, 0.25) is 0 Å². The summed E-state index contributed by atoms with van der Waals surface area (Å²) in [6.45, 7) is 6.40. The van der Waals surface area contributed by atoms with Crippen LogP contribution >= 0.6 is 0 Å². The molecule has 0 spiro atoms. The predicted octanol–water partition coefficient (Wildman–Crippen LogP) is 2.29. The molecule has 0 aliphatic carbocycles. The molecular weight excluding hydrogens is 245 g/mol. The lowest BCUT2D eigenvalue weighted by atomic mass is 10.0. The van der Waals surface area contributed by atoms with Gasteiger partial charge in [0.2, 0.25) is 0 Å². The third-order valence-corrected chi connectivity index (χ3v) is 3.37. The summed E-state index contributed by atoms with van der Waals surface area (Å²) in [5, 5.41) is 6.13. The highest BCUT2D eigenvalue weighted by Gasteiger charge is 2.24. The normalized spacial score (nSPS) is 19.6. The van der Waals surface area contributed by atoms with Crippen molar-refractivity contribution >= 4 is 11.7 Å². The van der Waals surface area contributed by atoms with Crippen molar-refractivity contribution < 1.29 is 9.18 Å². The van der Waals surface area contributed by atoms with Gasteiger partial charge in [-0.3, -0.25) is 0 Å². The average Bonchev–Trinajstić information content (AvgIpc) is 2.39. The highest BCUT2D eigenvalue weighted by molar-refractivity contribution is 5.89. The summed E-state index contributed by atoms with van der Waals surface area (Å²) in [5.41, 5.74) is 0.490. The summed E-state index contributed by atoms with van der Waals surface area (Å²) in [6.07, 6.45) is 0. The molecule has 4 nitrogen and oxygen atoms in total. The van der Waals surface area contributed by atoms with Crippen molar-refractivity contribution in [1.82, 2.24) is 10.2 Å². The molecule has 0 aromatic heterocycles. The number of anilines is 1. The molecule has 104 valence electrons. The van der Waals surface area contributed by atoms with Crippen molar-refractivity contribution in [2.75, 3.05) is 25.0 Å². The predicted molar refractivity (Wildman–Crippen MR) is 73.6 cm³/mol. The Morgan fingerprint density at radius 1 is 1.53 bits per heavy atom. The molecule has 2 rings (SSSR count). The van der Waals surface area contributed by atoms with Crippen molar-refractivity contribution in [2.45, 2.75) is 19.9 Å². The maximum Gasteiger partial charge on any atom is 0.321 e. The van der Waals surface area contributed by atoms with Crippen LogP contribution in [-0.2, 0) is 0 Å². The minimum absolute atomic E-state index is 0.169. The summed E-state index contributed by atoms with van der Waals surface area (Å²) < 4.78 is 13.1. The van der Waals surface area contributed by atoms with Crippen LogP contribution < -0.4 is 10.6 Å². The molecule has 19 heavy (non-hydrogen) atoms. The lowest BCUT2D eigenvalue weighted by Crippen LogP contribution is -2.55. The fraction of sp³-hybridized carbons (Fsp3) is 0.500. The lowest BCUT2D eigenvalue weighted by Gasteiger charge is -2.35. The highest BCUT2D eigenvalue weighted by Crippen LogP contribution is 2.12. The van der Waals surface area contributed by atoms with Crippen molar-refractivity contribution in [3.8, 4) is 0 Å². The van der Waals surface area contributed by atoms with Gasteiger partial charge in [0.15, 0.2) is 0 Å². The first-order valence-corrected chi connectivity index (χ1v) is 6.61. The zero-order chi connectivity index (χ0) is 13.8. The second-order valence-corrected chi connectivity index (χ2v) is 5.19. The number of carbonyl (C=O) groups excluding carboxylic acids is 1. The van der Waals surface area contributed by atoms with Gasteiger partial charge in [0.05, 0.1) is 0 Å². The minimum atomic E-state index is -0.349. The monoisotopic (exact) mass is 265 g/mol. The van der Waals surface area contributed by atoms with Crippen LogP contribution in [-0.4, -0.2) is 36.6 Å². The van der Waals surface area contributed by atoms with Crippen LogP contribution in [0.1, 0.15) is 13.8 Å². The second-order valence-electron chi connectivity index (χ2n) is 5.19. The van der Waals surface area contributed by atoms with E-state index in [1.807, 2.05) is 0 Å². The summed E-state index contributed by atoms with van der Waals surface area (Å²) in [7, 11) is 0. The van der Waals surface area contributed by atoms with Crippen LogP contribution in [0.3, 0.4) is 0 Å². The van der Waals surface area contributed by atoms with Crippen LogP contribution in [0.4, 0.5) is 14.9 Å². The Kier molecular flexibility index (Phi) is 4.37. The molecule has 1 unspecified atom stereocenters. The quantitative estimate of drug-likeness (QED) is 0.861. The van der Waals surface area contributed by atoms with E-state index in [0.717, 1.165) is 6.54 Å². The van der Waals surface area contributed by atoms with E-state index in [2.05, 4.69) is 24.5 Å². The Bertz CT molecular complexity index is 450. The van der Waals surface area contributed by atoms with Gasteiger partial charge in [-0.15, -0.1) is 0 Å². The number of urea groups is 1. The first-order valence-electron chi connectivity index (χ1n) is 6.61. The van der Waals surface area contributed by atoms with Crippen molar-refractivity contribution in [3.05, 3.63) is 30.1 Å². The number of carbonyl (C=O) groups is 1. The fourth-order valence-electron chi connectivity index (χ4n) is 2.18. The molecule has 1 aliphatic rings.